The number of carbonyl (C=O) groups excluding carboxylic acids is 1. The summed E-state index contributed by atoms with van der Waals surface area (Å²) in [6.45, 7) is 3.90. The van der Waals surface area contributed by atoms with Crippen LogP contribution in [0.5, 0.6) is 0 Å². The van der Waals surface area contributed by atoms with Crippen molar-refractivity contribution in [3.63, 3.8) is 0 Å². The van der Waals surface area contributed by atoms with Crippen LogP contribution < -0.4 is 0 Å². The van der Waals surface area contributed by atoms with Crippen molar-refractivity contribution in [2.24, 2.45) is 5.92 Å². The topological polar surface area (TPSA) is 26.3 Å². The number of ether oxygens (including phenoxy) is 1. The van der Waals surface area contributed by atoms with Crippen LogP contribution >= 0.6 is 0 Å². The summed E-state index contributed by atoms with van der Waals surface area (Å²) in [6.07, 6.45) is 11.8. The van der Waals surface area contributed by atoms with E-state index in [9.17, 15) is 4.79 Å². The number of hydrogen-bond donors (Lipinski definition) is 0. The molecule has 0 amide bonds. The predicted octanol–water partition coefficient (Wildman–Crippen LogP) is 3.47. The zero-order chi connectivity index (χ0) is 10.9. The maximum absolute atomic E-state index is 10.7. The Kier molecular flexibility index (Phi) is 6.14. The summed E-state index contributed by atoms with van der Waals surface area (Å²) in [4.78, 5) is 10.7. The molecule has 0 spiro atoms. The number of rotatable bonds is 8. The quantitative estimate of drug-likeness (QED) is 0.348. The Morgan fingerprint density at radius 1 is 1.27 bits per heavy atom. The molecule has 1 aliphatic rings. The molecule has 0 saturated heterocycles. The normalized spacial score (nSPS) is 15.7. The molecule has 0 aromatic carbocycles. The molecule has 0 heterocycles. The van der Waals surface area contributed by atoms with E-state index in [2.05, 4.69) is 6.58 Å². The molecule has 0 radical (unpaired) electrons. The molecule has 0 aromatic rings. The monoisotopic (exact) mass is 210 g/mol. The van der Waals surface area contributed by atoms with E-state index in [4.69, 9.17) is 4.74 Å². The minimum atomic E-state index is -0.301. The summed E-state index contributed by atoms with van der Waals surface area (Å²) >= 11 is 0. The SMILES string of the molecule is C=CC(=O)OCCCCCCC1CCC1. The largest absolute Gasteiger partial charge is 0.463 e. The predicted molar refractivity (Wildman–Crippen MR) is 61.6 cm³/mol. The van der Waals surface area contributed by atoms with Crippen molar-refractivity contribution in [3.8, 4) is 0 Å². The van der Waals surface area contributed by atoms with E-state index < -0.39 is 0 Å². The average molecular weight is 210 g/mol. The van der Waals surface area contributed by atoms with Crippen LogP contribution in [-0.2, 0) is 9.53 Å². The molecular weight excluding hydrogens is 188 g/mol. The number of carbonyl (C=O) groups is 1. The molecule has 0 N–H and O–H groups in total. The third-order valence-electron chi connectivity index (χ3n) is 3.14. The second kappa shape index (κ2) is 7.49. The van der Waals surface area contributed by atoms with Gasteiger partial charge in [-0.05, 0) is 12.3 Å². The summed E-state index contributed by atoms with van der Waals surface area (Å²) < 4.78 is 4.89. The lowest BCUT2D eigenvalue weighted by Crippen LogP contribution is -2.10. The third-order valence-corrected chi connectivity index (χ3v) is 3.14. The zero-order valence-electron chi connectivity index (χ0n) is 9.54. The van der Waals surface area contributed by atoms with Gasteiger partial charge in [0.1, 0.15) is 0 Å². The van der Waals surface area contributed by atoms with Crippen molar-refractivity contribution in [1.82, 2.24) is 0 Å². The molecule has 1 fully saturated rings. The van der Waals surface area contributed by atoms with Gasteiger partial charge in [0.2, 0.25) is 0 Å². The summed E-state index contributed by atoms with van der Waals surface area (Å²) in [5.74, 6) is 0.730. The smallest absolute Gasteiger partial charge is 0.330 e. The van der Waals surface area contributed by atoms with Gasteiger partial charge in [0, 0.05) is 6.08 Å². The van der Waals surface area contributed by atoms with Crippen molar-refractivity contribution in [2.75, 3.05) is 6.61 Å². The van der Waals surface area contributed by atoms with Crippen molar-refractivity contribution in [3.05, 3.63) is 12.7 Å². The summed E-state index contributed by atoms with van der Waals surface area (Å²) in [5, 5.41) is 0. The third kappa shape index (κ3) is 5.60. The van der Waals surface area contributed by atoms with Gasteiger partial charge >= 0.3 is 5.97 Å². The Hall–Kier alpha value is -0.790. The molecule has 0 aliphatic heterocycles. The van der Waals surface area contributed by atoms with Crippen molar-refractivity contribution in [1.29, 1.82) is 0 Å². The van der Waals surface area contributed by atoms with Gasteiger partial charge in [0.05, 0.1) is 6.61 Å². The number of esters is 1. The van der Waals surface area contributed by atoms with E-state index in [-0.39, 0.29) is 5.97 Å². The first-order chi connectivity index (χ1) is 7.33. The molecule has 2 heteroatoms. The first-order valence-corrected chi connectivity index (χ1v) is 6.12. The van der Waals surface area contributed by atoms with Crippen molar-refractivity contribution < 1.29 is 9.53 Å². The van der Waals surface area contributed by atoms with Crippen molar-refractivity contribution in [2.45, 2.75) is 51.4 Å². The fourth-order valence-corrected chi connectivity index (χ4v) is 1.90. The lowest BCUT2D eigenvalue weighted by molar-refractivity contribution is -0.137. The summed E-state index contributed by atoms with van der Waals surface area (Å²) in [7, 11) is 0. The van der Waals surface area contributed by atoms with E-state index in [1.165, 1.54) is 51.0 Å². The molecule has 0 atom stereocenters. The fourth-order valence-electron chi connectivity index (χ4n) is 1.90. The van der Waals surface area contributed by atoms with Gasteiger partial charge in [-0.2, -0.15) is 0 Å². The van der Waals surface area contributed by atoms with Crippen LogP contribution in [0.15, 0.2) is 12.7 Å². The molecule has 0 aromatic heterocycles. The molecule has 0 unspecified atom stereocenters. The van der Waals surface area contributed by atoms with E-state index in [0.717, 1.165) is 12.3 Å². The standard InChI is InChI=1S/C13H22O2/c1-2-13(14)15-11-6-4-3-5-8-12-9-7-10-12/h2,12H,1,3-11H2. The number of hydrogen-bond acceptors (Lipinski definition) is 2. The van der Waals surface area contributed by atoms with E-state index in [0.29, 0.717) is 6.61 Å². The molecular formula is C13H22O2. The van der Waals surface area contributed by atoms with Crippen molar-refractivity contribution >= 4 is 5.97 Å². The molecule has 86 valence electrons. The summed E-state index contributed by atoms with van der Waals surface area (Å²) in [5.41, 5.74) is 0. The highest BCUT2D eigenvalue weighted by atomic mass is 16.5. The number of unbranched alkanes of at least 4 members (excludes halogenated alkanes) is 3. The van der Waals surface area contributed by atoms with Gasteiger partial charge in [-0.15, -0.1) is 0 Å². The first-order valence-electron chi connectivity index (χ1n) is 6.12. The summed E-state index contributed by atoms with van der Waals surface area (Å²) in [6, 6.07) is 0. The van der Waals surface area contributed by atoms with E-state index >= 15 is 0 Å². The maximum Gasteiger partial charge on any atom is 0.330 e. The molecule has 1 saturated carbocycles. The van der Waals surface area contributed by atoms with Gasteiger partial charge < -0.3 is 4.74 Å². The van der Waals surface area contributed by atoms with Gasteiger partial charge in [-0.1, -0.05) is 51.5 Å². The van der Waals surface area contributed by atoms with Crippen LogP contribution in [0.4, 0.5) is 0 Å². The Morgan fingerprint density at radius 2 is 2.00 bits per heavy atom. The molecule has 0 bridgehead atoms. The van der Waals surface area contributed by atoms with Crippen LogP contribution in [0.3, 0.4) is 0 Å². The Bertz CT molecular complexity index is 195. The molecule has 1 aliphatic carbocycles. The molecule has 15 heavy (non-hydrogen) atoms. The highest BCUT2D eigenvalue weighted by Crippen LogP contribution is 2.30. The van der Waals surface area contributed by atoms with Crippen LogP contribution in [0.25, 0.3) is 0 Å². The van der Waals surface area contributed by atoms with E-state index in [1.54, 1.807) is 0 Å². The highest BCUT2D eigenvalue weighted by molar-refractivity contribution is 5.81. The first kappa shape index (κ1) is 12.3. The van der Waals surface area contributed by atoms with Crippen LogP contribution in [0.1, 0.15) is 51.4 Å². The second-order valence-electron chi connectivity index (χ2n) is 4.37. The minimum absolute atomic E-state index is 0.301. The Balaban J connectivity index is 1.76. The van der Waals surface area contributed by atoms with E-state index in [1.807, 2.05) is 0 Å². The van der Waals surface area contributed by atoms with Crippen LogP contribution in [0, 0.1) is 5.92 Å². The lowest BCUT2D eigenvalue weighted by atomic mass is 9.82. The maximum atomic E-state index is 10.7. The molecule has 2 nitrogen and oxygen atoms in total. The average Bonchev–Trinajstić information content (AvgIpc) is 2.19. The molecule has 1 rings (SSSR count). The zero-order valence-corrected chi connectivity index (χ0v) is 9.54. The van der Waals surface area contributed by atoms with Gasteiger partial charge in [-0.25, -0.2) is 4.79 Å². The van der Waals surface area contributed by atoms with Crippen LogP contribution in [-0.4, -0.2) is 12.6 Å². The second-order valence-corrected chi connectivity index (χ2v) is 4.37. The fraction of sp³-hybridized carbons (Fsp3) is 0.769. The highest BCUT2D eigenvalue weighted by Gasteiger charge is 2.15. The Morgan fingerprint density at radius 3 is 2.60 bits per heavy atom. The van der Waals surface area contributed by atoms with Gasteiger partial charge in [-0.3, -0.25) is 0 Å². The minimum Gasteiger partial charge on any atom is -0.463 e. The lowest BCUT2D eigenvalue weighted by Gasteiger charge is -2.24. The Labute approximate surface area is 92.7 Å². The van der Waals surface area contributed by atoms with Gasteiger partial charge in [0.15, 0.2) is 0 Å². The van der Waals surface area contributed by atoms with Gasteiger partial charge in [0.25, 0.3) is 0 Å². The van der Waals surface area contributed by atoms with Crippen LogP contribution in [0.2, 0.25) is 0 Å².